The molecule has 158 valence electrons. The maximum absolute atomic E-state index is 13.1. The topological polar surface area (TPSA) is 84.0 Å². The number of ether oxygens (including phenoxy) is 1. The zero-order chi connectivity index (χ0) is 21.0. The summed E-state index contributed by atoms with van der Waals surface area (Å²) in [6.45, 7) is 4.19. The minimum Gasteiger partial charge on any atom is -0.373 e. The third-order valence-corrected chi connectivity index (χ3v) is 8.27. The van der Waals surface area contributed by atoms with E-state index < -0.39 is 15.4 Å². The quantitative estimate of drug-likeness (QED) is 0.674. The maximum atomic E-state index is 13.1. The van der Waals surface area contributed by atoms with Crippen molar-refractivity contribution in [2.24, 2.45) is 5.41 Å². The highest BCUT2D eigenvalue weighted by Crippen LogP contribution is 2.49. The molecule has 0 N–H and O–H groups in total. The molecule has 2 saturated heterocycles. The molecule has 0 unspecified atom stereocenters. The van der Waals surface area contributed by atoms with Crippen LogP contribution in [0.2, 0.25) is 5.02 Å². The molecule has 2 amide bonds. The smallest absolute Gasteiger partial charge is 0.243 e. The number of amides is 2. The van der Waals surface area contributed by atoms with E-state index in [2.05, 4.69) is 0 Å². The fourth-order valence-electron chi connectivity index (χ4n) is 4.79. The van der Waals surface area contributed by atoms with Crippen molar-refractivity contribution in [3.05, 3.63) is 23.2 Å². The normalized spacial score (nSPS) is 27.9. The lowest BCUT2D eigenvalue weighted by Gasteiger charge is -2.34. The number of halogens is 1. The highest BCUT2D eigenvalue weighted by Gasteiger charge is 2.53. The van der Waals surface area contributed by atoms with Gasteiger partial charge in [0.2, 0.25) is 21.8 Å². The molecule has 7 nitrogen and oxygen atoms in total. The van der Waals surface area contributed by atoms with Gasteiger partial charge in [-0.15, -0.1) is 0 Å². The lowest BCUT2D eigenvalue weighted by Crippen LogP contribution is -2.48. The number of hydrogen-bond donors (Lipinski definition) is 0. The van der Waals surface area contributed by atoms with Gasteiger partial charge in [-0.25, -0.2) is 13.3 Å². The number of rotatable bonds is 3. The minimum absolute atomic E-state index is 0.0437. The molecule has 29 heavy (non-hydrogen) atoms. The van der Waals surface area contributed by atoms with Crippen molar-refractivity contribution in [1.82, 2.24) is 4.31 Å². The monoisotopic (exact) mass is 440 g/mol. The predicted octanol–water partition coefficient (Wildman–Crippen LogP) is 2.96. The summed E-state index contributed by atoms with van der Waals surface area (Å²) in [5.41, 5.74) is -0.348. The summed E-state index contributed by atoms with van der Waals surface area (Å²) in [6, 6.07) is 4.21. The van der Waals surface area contributed by atoms with Gasteiger partial charge < -0.3 is 4.74 Å². The third kappa shape index (κ3) is 3.50. The van der Waals surface area contributed by atoms with Crippen LogP contribution in [-0.2, 0) is 24.3 Å². The molecule has 0 aromatic heterocycles. The largest absolute Gasteiger partial charge is 0.373 e. The SMILES string of the molecule is C[C@@H]1CN(S(=O)(=O)c2ccc(N3C(=O)CC4(CCCC4)C3=O)c(Cl)c2)C[C@@H](C)O1. The first kappa shape index (κ1) is 20.8. The van der Waals surface area contributed by atoms with Gasteiger partial charge in [0.05, 0.1) is 33.2 Å². The van der Waals surface area contributed by atoms with Crippen molar-refractivity contribution in [3.8, 4) is 0 Å². The van der Waals surface area contributed by atoms with Gasteiger partial charge in [-0.2, -0.15) is 4.31 Å². The maximum Gasteiger partial charge on any atom is 0.243 e. The van der Waals surface area contributed by atoms with E-state index in [1.165, 1.54) is 22.5 Å². The van der Waals surface area contributed by atoms with Gasteiger partial charge in [0.25, 0.3) is 0 Å². The molecule has 3 aliphatic rings. The Morgan fingerprint density at radius 1 is 1.10 bits per heavy atom. The molecule has 4 rings (SSSR count). The summed E-state index contributed by atoms with van der Waals surface area (Å²) in [5.74, 6) is -0.487. The highest BCUT2D eigenvalue weighted by atomic mass is 35.5. The summed E-state index contributed by atoms with van der Waals surface area (Å²) in [7, 11) is -3.76. The van der Waals surface area contributed by atoms with Crippen LogP contribution >= 0.6 is 11.6 Å². The van der Waals surface area contributed by atoms with Gasteiger partial charge in [0.15, 0.2) is 0 Å². The van der Waals surface area contributed by atoms with Crippen LogP contribution in [-0.4, -0.2) is 49.8 Å². The molecule has 3 fully saturated rings. The van der Waals surface area contributed by atoms with E-state index in [1.807, 2.05) is 13.8 Å². The van der Waals surface area contributed by atoms with E-state index in [4.69, 9.17) is 16.3 Å². The van der Waals surface area contributed by atoms with Crippen molar-refractivity contribution >= 4 is 39.1 Å². The predicted molar refractivity (Wildman–Crippen MR) is 108 cm³/mol. The number of carbonyl (C=O) groups is 2. The van der Waals surface area contributed by atoms with Gasteiger partial charge in [-0.3, -0.25) is 9.59 Å². The summed E-state index contributed by atoms with van der Waals surface area (Å²) >= 11 is 6.38. The first-order valence-corrected chi connectivity index (χ1v) is 11.8. The van der Waals surface area contributed by atoms with Crippen molar-refractivity contribution in [3.63, 3.8) is 0 Å². The van der Waals surface area contributed by atoms with Crippen LogP contribution in [0.3, 0.4) is 0 Å². The van der Waals surface area contributed by atoms with E-state index >= 15 is 0 Å². The molecule has 2 atom stereocenters. The second-order valence-electron chi connectivity index (χ2n) is 8.39. The number of morpholine rings is 1. The molecule has 9 heteroatoms. The van der Waals surface area contributed by atoms with Gasteiger partial charge in [0, 0.05) is 19.5 Å². The van der Waals surface area contributed by atoms with E-state index in [1.54, 1.807) is 0 Å². The average molecular weight is 441 g/mol. The number of hydrogen-bond acceptors (Lipinski definition) is 5. The molecule has 1 aliphatic carbocycles. The number of imide groups is 1. The van der Waals surface area contributed by atoms with Crippen LogP contribution in [0.15, 0.2) is 23.1 Å². The molecule has 0 radical (unpaired) electrons. The van der Waals surface area contributed by atoms with E-state index in [0.29, 0.717) is 12.8 Å². The fraction of sp³-hybridized carbons (Fsp3) is 0.600. The van der Waals surface area contributed by atoms with Crippen molar-refractivity contribution < 1.29 is 22.7 Å². The minimum atomic E-state index is -3.76. The third-order valence-electron chi connectivity index (χ3n) is 6.14. The zero-order valence-corrected chi connectivity index (χ0v) is 18.1. The van der Waals surface area contributed by atoms with Crippen LogP contribution in [0.1, 0.15) is 46.0 Å². The number of sulfonamides is 1. The van der Waals surface area contributed by atoms with E-state index in [9.17, 15) is 18.0 Å². The lowest BCUT2D eigenvalue weighted by atomic mass is 9.84. The Morgan fingerprint density at radius 3 is 2.31 bits per heavy atom. The van der Waals surface area contributed by atoms with Crippen LogP contribution in [0.4, 0.5) is 5.69 Å². The zero-order valence-electron chi connectivity index (χ0n) is 16.6. The number of nitrogens with zero attached hydrogens (tertiary/aromatic N) is 2. The molecule has 1 aromatic rings. The van der Waals surface area contributed by atoms with E-state index in [-0.39, 0.29) is 59.1 Å². The fourth-order valence-corrected chi connectivity index (χ4v) is 6.73. The Bertz CT molecular complexity index is 948. The second-order valence-corrected chi connectivity index (χ2v) is 10.7. The Kier molecular flexibility index (Phi) is 5.26. The number of carbonyl (C=O) groups excluding carboxylic acids is 2. The van der Waals surface area contributed by atoms with Crippen LogP contribution in [0, 0.1) is 5.41 Å². The van der Waals surface area contributed by atoms with Crippen molar-refractivity contribution in [1.29, 1.82) is 0 Å². The Labute approximate surface area is 176 Å². The Balaban J connectivity index is 1.63. The van der Waals surface area contributed by atoms with Gasteiger partial charge in [0.1, 0.15) is 0 Å². The molecule has 0 bridgehead atoms. The van der Waals surface area contributed by atoms with Crippen molar-refractivity contribution in [2.45, 2.75) is 63.1 Å². The molecule has 1 spiro atoms. The Hall–Kier alpha value is -1.48. The summed E-state index contributed by atoms with van der Waals surface area (Å²) < 4.78 is 33.1. The Morgan fingerprint density at radius 2 is 1.72 bits per heavy atom. The van der Waals surface area contributed by atoms with E-state index in [0.717, 1.165) is 17.7 Å². The van der Waals surface area contributed by atoms with Gasteiger partial charge in [-0.05, 0) is 44.9 Å². The number of benzene rings is 1. The van der Waals surface area contributed by atoms with Gasteiger partial charge >= 0.3 is 0 Å². The van der Waals surface area contributed by atoms with Crippen LogP contribution < -0.4 is 4.90 Å². The first-order valence-electron chi connectivity index (χ1n) is 9.97. The molecular formula is C20H25ClN2O5S. The van der Waals surface area contributed by atoms with Crippen LogP contribution in [0.25, 0.3) is 0 Å². The highest BCUT2D eigenvalue weighted by molar-refractivity contribution is 7.89. The molecule has 2 aliphatic heterocycles. The average Bonchev–Trinajstić information content (AvgIpc) is 3.20. The summed E-state index contributed by atoms with van der Waals surface area (Å²) in [5, 5.41) is 0.0807. The lowest BCUT2D eigenvalue weighted by molar-refractivity contribution is -0.125. The first-order chi connectivity index (χ1) is 13.6. The van der Waals surface area contributed by atoms with Crippen molar-refractivity contribution in [2.75, 3.05) is 18.0 Å². The molecule has 1 saturated carbocycles. The molecular weight excluding hydrogens is 416 g/mol. The van der Waals surface area contributed by atoms with Crippen LogP contribution in [0.5, 0.6) is 0 Å². The second kappa shape index (κ2) is 7.34. The summed E-state index contributed by atoms with van der Waals surface area (Å²) in [6.07, 6.45) is 3.10. The summed E-state index contributed by atoms with van der Waals surface area (Å²) in [4.78, 5) is 26.8. The standard InChI is InChI=1S/C20H25ClN2O5S/c1-13-11-22(12-14(2)28-13)29(26,27)15-5-6-17(16(21)9-15)23-18(24)10-20(19(23)25)7-3-4-8-20/h5-6,9,13-14H,3-4,7-8,10-12H2,1-2H3/t13-,14-/m1/s1. The number of anilines is 1. The molecule has 2 heterocycles. The van der Waals surface area contributed by atoms with Gasteiger partial charge in [-0.1, -0.05) is 24.4 Å². The molecule has 1 aromatic carbocycles.